The van der Waals surface area contributed by atoms with Crippen molar-refractivity contribution in [1.29, 1.82) is 0 Å². The van der Waals surface area contributed by atoms with Crippen LogP contribution in [0.4, 0.5) is 5.82 Å². The van der Waals surface area contributed by atoms with Crippen molar-refractivity contribution >= 4 is 40.9 Å². The molecule has 0 bridgehead atoms. The van der Waals surface area contributed by atoms with Crippen molar-refractivity contribution in [2.45, 2.75) is 0 Å². The number of pyridine rings is 1. The van der Waals surface area contributed by atoms with Crippen LogP contribution in [-0.2, 0) is 0 Å². The number of nitrogens with one attached hydrogen (secondary N) is 2. The molecule has 9 heteroatoms. The van der Waals surface area contributed by atoms with Gasteiger partial charge in [-0.1, -0.05) is 23.2 Å². The number of amides is 1. The molecule has 19 heavy (non-hydrogen) atoms. The highest BCUT2D eigenvalue weighted by Gasteiger charge is 2.15. The Balaban J connectivity index is 2.20. The summed E-state index contributed by atoms with van der Waals surface area (Å²) in [4.78, 5) is 26.3. The topological polar surface area (TPSA) is 108 Å². The van der Waals surface area contributed by atoms with E-state index in [0.717, 1.165) is 0 Å². The van der Waals surface area contributed by atoms with Crippen molar-refractivity contribution in [3.8, 4) is 0 Å². The molecule has 0 saturated heterocycles. The SMILES string of the molecule is O=C(O)c1cc(NC(=O)c2nc(Cl)ccc2Cl)n[nH]1. The van der Waals surface area contributed by atoms with Crippen LogP contribution in [0.3, 0.4) is 0 Å². The van der Waals surface area contributed by atoms with Gasteiger partial charge in [0, 0.05) is 6.07 Å². The fourth-order valence-electron chi connectivity index (χ4n) is 1.25. The van der Waals surface area contributed by atoms with E-state index < -0.39 is 11.9 Å². The third kappa shape index (κ3) is 3.01. The summed E-state index contributed by atoms with van der Waals surface area (Å²) in [5, 5.41) is 17.1. The third-order valence-corrected chi connectivity index (χ3v) is 2.59. The largest absolute Gasteiger partial charge is 0.477 e. The number of rotatable bonds is 3. The first kappa shape index (κ1) is 13.3. The molecule has 0 atom stereocenters. The number of carbonyl (C=O) groups is 2. The molecule has 2 aromatic heterocycles. The summed E-state index contributed by atoms with van der Waals surface area (Å²) >= 11 is 11.5. The quantitative estimate of drug-likeness (QED) is 0.752. The first-order chi connectivity index (χ1) is 8.97. The van der Waals surface area contributed by atoms with Gasteiger partial charge in [0.05, 0.1) is 5.02 Å². The van der Waals surface area contributed by atoms with Gasteiger partial charge in [-0.15, -0.1) is 0 Å². The zero-order valence-corrected chi connectivity index (χ0v) is 10.7. The molecule has 2 aromatic rings. The molecule has 0 unspecified atom stereocenters. The number of carboxylic acids is 1. The first-order valence-electron chi connectivity index (χ1n) is 4.89. The van der Waals surface area contributed by atoms with E-state index in [1.54, 1.807) is 0 Å². The van der Waals surface area contributed by atoms with Crippen LogP contribution < -0.4 is 5.32 Å². The fraction of sp³-hybridized carbons (Fsp3) is 0. The zero-order chi connectivity index (χ0) is 14.0. The summed E-state index contributed by atoms with van der Waals surface area (Å²) in [6.45, 7) is 0. The van der Waals surface area contributed by atoms with E-state index in [1.165, 1.54) is 18.2 Å². The molecule has 1 amide bonds. The lowest BCUT2D eigenvalue weighted by atomic mass is 10.3. The van der Waals surface area contributed by atoms with Crippen LogP contribution in [0.25, 0.3) is 0 Å². The molecule has 0 saturated carbocycles. The molecule has 0 spiro atoms. The summed E-state index contributed by atoms with van der Waals surface area (Å²) in [7, 11) is 0. The van der Waals surface area contributed by atoms with E-state index in [2.05, 4.69) is 20.5 Å². The minimum Gasteiger partial charge on any atom is -0.477 e. The number of hydrogen-bond acceptors (Lipinski definition) is 4. The van der Waals surface area contributed by atoms with Gasteiger partial charge in [-0.25, -0.2) is 9.78 Å². The molecule has 7 nitrogen and oxygen atoms in total. The Hall–Kier alpha value is -2.12. The van der Waals surface area contributed by atoms with E-state index in [4.69, 9.17) is 28.3 Å². The lowest BCUT2D eigenvalue weighted by Crippen LogP contribution is -2.14. The van der Waals surface area contributed by atoms with Crippen molar-refractivity contribution in [3.05, 3.63) is 39.8 Å². The molecular weight excluding hydrogens is 295 g/mol. The van der Waals surface area contributed by atoms with Gasteiger partial charge in [-0.2, -0.15) is 5.10 Å². The Morgan fingerprint density at radius 3 is 2.68 bits per heavy atom. The average Bonchev–Trinajstić information content (AvgIpc) is 2.80. The van der Waals surface area contributed by atoms with Gasteiger partial charge in [-0.3, -0.25) is 9.89 Å². The molecule has 0 aliphatic carbocycles. The Bertz CT molecular complexity index is 656. The normalized spacial score (nSPS) is 10.2. The fourth-order valence-corrected chi connectivity index (χ4v) is 1.59. The Morgan fingerprint density at radius 1 is 1.32 bits per heavy atom. The zero-order valence-electron chi connectivity index (χ0n) is 9.15. The van der Waals surface area contributed by atoms with Crippen LogP contribution in [-0.4, -0.2) is 32.2 Å². The minimum atomic E-state index is -1.19. The second kappa shape index (κ2) is 5.25. The number of aromatic carboxylic acids is 1. The standard InChI is InChI=1S/C10H6Cl2N4O3/c11-4-1-2-6(12)13-8(4)9(17)14-7-3-5(10(18)19)15-16-7/h1-3H,(H,18,19)(H2,14,15,16,17). The molecule has 0 aliphatic heterocycles. The van der Waals surface area contributed by atoms with Crippen LogP contribution in [0.2, 0.25) is 10.2 Å². The summed E-state index contributed by atoms with van der Waals surface area (Å²) in [5.74, 6) is -1.79. The first-order valence-corrected chi connectivity index (χ1v) is 5.65. The van der Waals surface area contributed by atoms with Crippen LogP contribution in [0.5, 0.6) is 0 Å². The van der Waals surface area contributed by atoms with Crippen LogP contribution >= 0.6 is 23.2 Å². The Morgan fingerprint density at radius 2 is 2.05 bits per heavy atom. The van der Waals surface area contributed by atoms with Crippen molar-refractivity contribution in [2.75, 3.05) is 5.32 Å². The number of aromatic nitrogens is 3. The molecular formula is C10H6Cl2N4O3. The maximum Gasteiger partial charge on any atom is 0.353 e. The summed E-state index contributed by atoms with van der Waals surface area (Å²) in [6.07, 6.45) is 0. The van der Waals surface area contributed by atoms with Gasteiger partial charge in [0.2, 0.25) is 0 Å². The molecule has 0 aromatic carbocycles. The third-order valence-electron chi connectivity index (χ3n) is 2.08. The van der Waals surface area contributed by atoms with E-state index in [1.807, 2.05) is 0 Å². The molecule has 0 aliphatic rings. The number of carboxylic acid groups (broad SMARTS) is 1. The number of hydrogen-bond donors (Lipinski definition) is 3. The van der Waals surface area contributed by atoms with Crippen molar-refractivity contribution in [1.82, 2.24) is 15.2 Å². The maximum atomic E-state index is 11.8. The predicted molar refractivity (Wildman–Crippen MR) is 67.8 cm³/mol. The molecule has 0 radical (unpaired) electrons. The number of aromatic amines is 1. The van der Waals surface area contributed by atoms with Crippen molar-refractivity contribution < 1.29 is 14.7 Å². The van der Waals surface area contributed by atoms with Gasteiger partial charge >= 0.3 is 5.97 Å². The second-order valence-electron chi connectivity index (χ2n) is 3.39. The van der Waals surface area contributed by atoms with E-state index in [-0.39, 0.29) is 27.4 Å². The highest BCUT2D eigenvalue weighted by Crippen LogP contribution is 2.18. The Labute approximate surface area is 116 Å². The highest BCUT2D eigenvalue weighted by molar-refractivity contribution is 6.35. The van der Waals surface area contributed by atoms with Gasteiger partial charge in [0.1, 0.15) is 16.5 Å². The van der Waals surface area contributed by atoms with Gasteiger partial charge in [-0.05, 0) is 12.1 Å². The van der Waals surface area contributed by atoms with Crippen molar-refractivity contribution in [3.63, 3.8) is 0 Å². The van der Waals surface area contributed by atoms with E-state index >= 15 is 0 Å². The number of nitrogens with zero attached hydrogens (tertiary/aromatic N) is 2. The summed E-state index contributed by atoms with van der Waals surface area (Å²) in [6, 6.07) is 4.04. The highest BCUT2D eigenvalue weighted by atomic mass is 35.5. The van der Waals surface area contributed by atoms with Gasteiger partial charge in [0.25, 0.3) is 5.91 Å². The monoisotopic (exact) mass is 300 g/mol. The number of carbonyl (C=O) groups excluding carboxylic acids is 1. The van der Waals surface area contributed by atoms with E-state index in [9.17, 15) is 9.59 Å². The van der Waals surface area contributed by atoms with Crippen LogP contribution in [0, 0.1) is 0 Å². The summed E-state index contributed by atoms with van der Waals surface area (Å²) < 4.78 is 0. The van der Waals surface area contributed by atoms with Gasteiger partial charge < -0.3 is 10.4 Å². The predicted octanol–water partition coefficient (Wildman–Crippen LogP) is 2.06. The van der Waals surface area contributed by atoms with Crippen LogP contribution in [0.1, 0.15) is 21.0 Å². The molecule has 3 N–H and O–H groups in total. The molecule has 98 valence electrons. The van der Waals surface area contributed by atoms with Crippen LogP contribution in [0.15, 0.2) is 18.2 Å². The number of halogens is 2. The lowest BCUT2D eigenvalue weighted by Gasteiger charge is -2.03. The molecule has 0 fully saturated rings. The Kier molecular flexibility index (Phi) is 3.68. The smallest absolute Gasteiger partial charge is 0.353 e. The maximum absolute atomic E-state index is 11.8. The molecule has 2 heterocycles. The van der Waals surface area contributed by atoms with Crippen molar-refractivity contribution in [2.24, 2.45) is 0 Å². The lowest BCUT2D eigenvalue weighted by molar-refractivity contribution is 0.0690. The average molecular weight is 301 g/mol. The van der Waals surface area contributed by atoms with Gasteiger partial charge in [0.15, 0.2) is 5.82 Å². The molecule has 2 rings (SSSR count). The number of H-pyrrole nitrogens is 1. The van der Waals surface area contributed by atoms with E-state index in [0.29, 0.717) is 0 Å². The second-order valence-corrected chi connectivity index (χ2v) is 4.18. The minimum absolute atomic E-state index is 0.0419. The number of anilines is 1. The summed E-state index contributed by atoms with van der Waals surface area (Å²) in [5.41, 5.74) is -0.227.